The van der Waals surface area contributed by atoms with Gasteiger partial charge in [0.05, 0.1) is 0 Å². The van der Waals surface area contributed by atoms with E-state index in [0.717, 1.165) is 28.9 Å². The zero-order valence-electron chi connectivity index (χ0n) is 12.2. The maximum absolute atomic E-state index is 6.05. The van der Waals surface area contributed by atoms with Gasteiger partial charge >= 0.3 is 0 Å². The first kappa shape index (κ1) is 13.2. The van der Waals surface area contributed by atoms with E-state index in [4.69, 9.17) is 5.73 Å². The minimum absolute atomic E-state index is 0.745. The zero-order valence-corrected chi connectivity index (χ0v) is 12.2. The first-order valence-corrected chi connectivity index (χ1v) is 7.17. The molecule has 2 heterocycles. The molecular formula is C16H22N4. The molecule has 0 bridgehead atoms. The van der Waals surface area contributed by atoms with E-state index in [9.17, 15) is 0 Å². The molecule has 4 nitrogen and oxygen atoms in total. The number of fused-ring (bicyclic) bond motifs is 1. The monoisotopic (exact) mass is 270 g/mol. The number of nitrogens with zero attached hydrogens (tertiary/aromatic N) is 3. The molecule has 1 aliphatic rings. The van der Waals surface area contributed by atoms with Crippen molar-refractivity contribution in [3.63, 3.8) is 0 Å². The van der Waals surface area contributed by atoms with Gasteiger partial charge in [-0.3, -0.25) is 4.98 Å². The Morgan fingerprint density at radius 2 is 2.20 bits per heavy atom. The van der Waals surface area contributed by atoms with Gasteiger partial charge in [-0.05, 0) is 44.1 Å². The van der Waals surface area contributed by atoms with E-state index in [1.165, 1.54) is 25.2 Å². The Kier molecular flexibility index (Phi) is 3.49. The van der Waals surface area contributed by atoms with Gasteiger partial charge in [0.1, 0.15) is 0 Å². The summed E-state index contributed by atoms with van der Waals surface area (Å²) in [5, 5.41) is 2.23. The molecule has 106 valence electrons. The Hall–Kier alpha value is -1.81. The highest BCUT2D eigenvalue weighted by Gasteiger charge is 2.21. The second-order valence-electron chi connectivity index (χ2n) is 5.89. The Morgan fingerprint density at radius 3 is 2.95 bits per heavy atom. The van der Waals surface area contributed by atoms with Crippen molar-refractivity contribution < 1.29 is 0 Å². The Morgan fingerprint density at radius 1 is 1.35 bits per heavy atom. The summed E-state index contributed by atoms with van der Waals surface area (Å²) in [6.07, 6.45) is 5.00. The summed E-state index contributed by atoms with van der Waals surface area (Å²) in [5.41, 5.74) is 8.09. The van der Waals surface area contributed by atoms with Crippen LogP contribution in [0.2, 0.25) is 0 Å². The van der Waals surface area contributed by atoms with Crippen LogP contribution in [-0.2, 0) is 0 Å². The zero-order chi connectivity index (χ0) is 14.1. The van der Waals surface area contributed by atoms with Gasteiger partial charge in [0.2, 0.25) is 0 Å². The molecule has 1 aliphatic heterocycles. The van der Waals surface area contributed by atoms with Gasteiger partial charge in [-0.2, -0.15) is 0 Å². The van der Waals surface area contributed by atoms with Crippen LogP contribution < -0.4 is 10.6 Å². The number of nitrogens with two attached hydrogens (primary N) is 1. The lowest BCUT2D eigenvalue weighted by atomic mass is 10.1. The van der Waals surface area contributed by atoms with Gasteiger partial charge in [-0.25, -0.2) is 0 Å². The molecule has 1 atom stereocenters. The predicted molar refractivity (Wildman–Crippen MR) is 85.0 cm³/mol. The van der Waals surface area contributed by atoms with E-state index in [-0.39, 0.29) is 0 Å². The lowest BCUT2D eigenvalue weighted by Crippen LogP contribution is -2.27. The van der Waals surface area contributed by atoms with E-state index in [2.05, 4.69) is 34.9 Å². The summed E-state index contributed by atoms with van der Waals surface area (Å²) in [7, 11) is 4.36. The fourth-order valence-electron chi connectivity index (χ4n) is 3.19. The van der Waals surface area contributed by atoms with Gasteiger partial charge in [-0.15, -0.1) is 0 Å². The summed E-state index contributed by atoms with van der Waals surface area (Å²) in [6, 6.07) is 6.10. The largest absolute Gasteiger partial charge is 0.398 e. The Labute approximate surface area is 120 Å². The molecule has 1 saturated heterocycles. The SMILES string of the molecule is CN1CCC(CN(C)c2ccc(N)c3ccncc23)C1. The first-order valence-electron chi connectivity index (χ1n) is 7.17. The molecule has 2 N–H and O–H groups in total. The summed E-state index contributed by atoms with van der Waals surface area (Å²) in [6.45, 7) is 3.48. The summed E-state index contributed by atoms with van der Waals surface area (Å²) < 4.78 is 0. The molecule has 1 aromatic carbocycles. The second kappa shape index (κ2) is 5.29. The molecule has 0 amide bonds. The third kappa shape index (κ3) is 2.43. The third-order valence-electron chi connectivity index (χ3n) is 4.26. The summed E-state index contributed by atoms with van der Waals surface area (Å²) in [4.78, 5) is 8.99. The number of benzene rings is 1. The van der Waals surface area contributed by atoms with E-state index in [1.54, 1.807) is 6.20 Å². The fraction of sp³-hybridized carbons (Fsp3) is 0.438. The van der Waals surface area contributed by atoms with Crippen molar-refractivity contribution in [2.45, 2.75) is 6.42 Å². The van der Waals surface area contributed by atoms with Crippen molar-refractivity contribution in [1.82, 2.24) is 9.88 Å². The number of hydrogen-bond acceptors (Lipinski definition) is 4. The number of likely N-dealkylation sites (tertiary alicyclic amines) is 1. The van der Waals surface area contributed by atoms with Crippen molar-refractivity contribution in [3.8, 4) is 0 Å². The topological polar surface area (TPSA) is 45.4 Å². The van der Waals surface area contributed by atoms with E-state index < -0.39 is 0 Å². The number of aromatic nitrogens is 1. The van der Waals surface area contributed by atoms with Crippen molar-refractivity contribution in [2.24, 2.45) is 5.92 Å². The number of rotatable bonds is 3. The molecule has 3 rings (SSSR count). The molecule has 1 unspecified atom stereocenters. The third-order valence-corrected chi connectivity index (χ3v) is 4.26. The van der Waals surface area contributed by atoms with Gasteiger partial charge < -0.3 is 15.5 Å². The normalized spacial score (nSPS) is 19.6. The van der Waals surface area contributed by atoms with E-state index in [0.29, 0.717) is 0 Å². The first-order chi connectivity index (χ1) is 9.65. The highest BCUT2D eigenvalue weighted by atomic mass is 15.2. The molecule has 0 radical (unpaired) electrons. The average molecular weight is 270 g/mol. The maximum Gasteiger partial charge on any atom is 0.0460 e. The van der Waals surface area contributed by atoms with Crippen molar-refractivity contribution in [3.05, 3.63) is 30.6 Å². The predicted octanol–water partition coefficient (Wildman–Crippen LogP) is 2.20. The number of anilines is 2. The van der Waals surface area contributed by atoms with Crippen LogP contribution >= 0.6 is 0 Å². The summed E-state index contributed by atoms with van der Waals surface area (Å²) >= 11 is 0. The van der Waals surface area contributed by atoms with Crippen LogP contribution in [0.3, 0.4) is 0 Å². The molecule has 20 heavy (non-hydrogen) atoms. The lowest BCUT2D eigenvalue weighted by molar-refractivity contribution is 0.396. The minimum atomic E-state index is 0.745. The minimum Gasteiger partial charge on any atom is -0.398 e. The maximum atomic E-state index is 6.05. The van der Waals surface area contributed by atoms with Gasteiger partial charge in [0.15, 0.2) is 0 Å². The molecule has 1 aromatic heterocycles. The number of hydrogen-bond donors (Lipinski definition) is 1. The highest BCUT2D eigenvalue weighted by molar-refractivity contribution is 6.00. The second-order valence-corrected chi connectivity index (χ2v) is 5.89. The van der Waals surface area contributed by atoms with Gasteiger partial charge in [0, 0.05) is 54.7 Å². The van der Waals surface area contributed by atoms with E-state index >= 15 is 0 Å². The van der Waals surface area contributed by atoms with Crippen LogP contribution in [0.4, 0.5) is 11.4 Å². The Bertz CT molecular complexity index is 610. The smallest absolute Gasteiger partial charge is 0.0460 e. The van der Waals surface area contributed by atoms with Crippen molar-refractivity contribution in [1.29, 1.82) is 0 Å². The molecule has 4 heteroatoms. The highest BCUT2D eigenvalue weighted by Crippen LogP contribution is 2.30. The Balaban J connectivity index is 1.88. The van der Waals surface area contributed by atoms with Gasteiger partial charge in [0.25, 0.3) is 0 Å². The molecular weight excluding hydrogens is 248 g/mol. The molecule has 0 aliphatic carbocycles. The van der Waals surface area contributed by atoms with Crippen LogP contribution in [-0.4, -0.2) is 43.6 Å². The summed E-state index contributed by atoms with van der Waals surface area (Å²) in [5.74, 6) is 0.745. The van der Waals surface area contributed by atoms with E-state index in [1.807, 2.05) is 18.3 Å². The molecule has 0 spiro atoms. The van der Waals surface area contributed by atoms with Crippen LogP contribution in [0.15, 0.2) is 30.6 Å². The van der Waals surface area contributed by atoms with Crippen LogP contribution in [0.25, 0.3) is 10.8 Å². The van der Waals surface area contributed by atoms with Gasteiger partial charge in [-0.1, -0.05) is 0 Å². The lowest BCUT2D eigenvalue weighted by Gasteiger charge is -2.24. The molecule has 1 fully saturated rings. The van der Waals surface area contributed by atoms with Crippen LogP contribution in [0.1, 0.15) is 6.42 Å². The molecule has 0 saturated carbocycles. The van der Waals surface area contributed by atoms with Crippen LogP contribution in [0.5, 0.6) is 0 Å². The quantitative estimate of drug-likeness (QED) is 0.869. The molecule has 2 aromatic rings. The van der Waals surface area contributed by atoms with Crippen molar-refractivity contribution >= 4 is 22.1 Å². The average Bonchev–Trinajstić information content (AvgIpc) is 2.84. The number of nitrogen functional groups attached to an aromatic ring is 1. The van der Waals surface area contributed by atoms with Crippen molar-refractivity contribution in [2.75, 3.05) is 44.4 Å². The fourth-order valence-corrected chi connectivity index (χ4v) is 3.19. The van der Waals surface area contributed by atoms with Crippen LogP contribution in [0, 0.1) is 5.92 Å². The standard InChI is InChI=1S/C16H22N4/c1-19-8-6-12(10-19)11-20(2)16-4-3-15(17)13-5-7-18-9-14(13)16/h3-5,7,9,12H,6,8,10-11,17H2,1-2H3. The number of pyridine rings is 1.